The molecule has 35 heavy (non-hydrogen) atoms. The summed E-state index contributed by atoms with van der Waals surface area (Å²) in [5.74, 6) is -2.59. The van der Waals surface area contributed by atoms with Crippen LogP contribution in [-0.2, 0) is 21.2 Å². The molecule has 3 aromatic carbocycles. The summed E-state index contributed by atoms with van der Waals surface area (Å²) in [6.45, 7) is 0. The van der Waals surface area contributed by atoms with Gasteiger partial charge in [-0.15, -0.1) is 0 Å². The first kappa shape index (κ1) is 23.0. The number of carbonyl (C=O) groups is 1. The average Bonchev–Trinajstić information content (AvgIpc) is 3.22. The van der Waals surface area contributed by atoms with Crippen molar-refractivity contribution in [2.75, 3.05) is 11.4 Å². The van der Waals surface area contributed by atoms with E-state index in [0.717, 1.165) is 10.4 Å². The van der Waals surface area contributed by atoms with Gasteiger partial charge >= 0.3 is 5.97 Å². The number of halogens is 2. The molecule has 0 saturated heterocycles. The molecule has 0 amide bonds. The third-order valence-electron chi connectivity index (χ3n) is 6.31. The molecular formula is C25H21F2N3O4S. The molecule has 4 aromatic rings. The summed E-state index contributed by atoms with van der Waals surface area (Å²) in [6, 6.07) is 14.9. The largest absolute Gasteiger partial charge is 0.480 e. The second kappa shape index (κ2) is 8.47. The highest BCUT2D eigenvalue weighted by atomic mass is 32.2. The molecule has 1 aliphatic rings. The van der Waals surface area contributed by atoms with Crippen molar-refractivity contribution in [1.82, 2.24) is 10.3 Å². The predicted octanol–water partition coefficient (Wildman–Crippen LogP) is 3.96. The molecule has 0 bridgehead atoms. The summed E-state index contributed by atoms with van der Waals surface area (Å²) in [6.07, 6.45) is 0.0276. The Labute approximate surface area is 200 Å². The van der Waals surface area contributed by atoms with Crippen LogP contribution in [-0.4, -0.2) is 37.6 Å². The fraction of sp³-hybridized carbons (Fsp3) is 0.160. The van der Waals surface area contributed by atoms with Gasteiger partial charge in [-0.05, 0) is 41.5 Å². The number of aromatic amines is 1. The maximum atomic E-state index is 14.6. The standard InChI is InChI=1S/C25H21F2N3O4S/c1-30(35(33,34)17-5-3-2-4-6-17)16-9-7-14(8-10-16)23-24-18(13-21(29-23)25(31)32)22-19(27)11-15(26)12-20(22)28-24/h2-12,21,23,28-29H,13H2,1H3,(H,31,32). The van der Waals surface area contributed by atoms with Crippen molar-refractivity contribution < 1.29 is 27.1 Å². The second-order valence-electron chi connectivity index (χ2n) is 8.40. The van der Waals surface area contributed by atoms with Crippen molar-refractivity contribution in [2.24, 2.45) is 0 Å². The highest BCUT2D eigenvalue weighted by Crippen LogP contribution is 2.37. The van der Waals surface area contributed by atoms with Crippen LogP contribution in [0.25, 0.3) is 10.9 Å². The summed E-state index contributed by atoms with van der Waals surface area (Å²) in [4.78, 5) is 15.0. The van der Waals surface area contributed by atoms with Crippen molar-refractivity contribution >= 4 is 32.6 Å². The summed E-state index contributed by atoms with van der Waals surface area (Å²) in [7, 11) is -2.32. The molecule has 180 valence electrons. The molecule has 1 aliphatic heterocycles. The van der Waals surface area contributed by atoms with Crippen molar-refractivity contribution in [3.8, 4) is 0 Å². The zero-order valence-corrected chi connectivity index (χ0v) is 19.3. The van der Waals surface area contributed by atoms with Crippen LogP contribution in [0.3, 0.4) is 0 Å². The fourth-order valence-corrected chi connectivity index (χ4v) is 5.74. The maximum Gasteiger partial charge on any atom is 0.321 e. The topological polar surface area (TPSA) is 102 Å². The fourth-order valence-electron chi connectivity index (χ4n) is 4.53. The predicted molar refractivity (Wildman–Crippen MR) is 127 cm³/mol. The van der Waals surface area contributed by atoms with E-state index in [1.807, 2.05) is 0 Å². The van der Waals surface area contributed by atoms with Gasteiger partial charge in [0.1, 0.15) is 17.7 Å². The molecule has 5 rings (SSSR count). The molecule has 1 aromatic heterocycles. The highest BCUT2D eigenvalue weighted by molar-refractivity contribution is 7.92. The molecule has 2 heterocycles. The number of anilines is 1. The third kappa shape index (κ3) is 3.94. The molecule has 2 atom stereocenters. The molecule has 3 N–H and O–H groups in total. The van der Waals surface area contributed by atoms with E-state index in [4.69, 9.17) is 0 Å². The lowest BCUT2D eigenvalue weighted by atomic mass is 9.90. The first-order valence-corrected chi connectivity index (χ1v) is 12.2. The van der Waals surface area contributed by atoms with Gasteiger partial charge < -0.3 is 10.1 Å². The minimum absolute atomic E-state index is 0.0276. The number of nitrogens with one attached hydrogen (secondary N) is 2. The lowest BCUT2D eigenvalue weighted by Gasteiger charge is -2.30. The van der Waals surface area contributed by atoms with Gasteiger partial charge in [0.05, 0.1) is 22.1 Å². The van der Waals surface area contributed by atoms with Crippen molar-refractivity contribution in [1.29, 1.82) is 0 Å². The summed E-state index contributed by atoms with van der Waals surface area (Å²) in [5.41, 5.74) is 2.31. The van der Waals surface area contributed by atoms with Gasteiger partial charge in [-0.3, -0.25) is 14.4 Å². The van der Waals surface area contributed by atoms with Crippen LogP contribution in [0.1, 0.15) is 22.9 Å². The average molecular weight is 498 g/mol. The molecule has 0 fully saturated rings. The van der Waals surface area contributed by atoms with Crippen LogP contribution in [0.4, 0.5) is 14.5 Å². The van der Waals surface area contributed by atoms with Gasteiger partial charge in [0.25, 0.3) is 10.0 Å². The number of H-pyrrole nitrogens is 1. The number of aromatic nitrogens is 1. The van der Waals surface area contributed by atoms with Crippen LogP contribution < -0.4 is 9.62 Å². The number of fused-ring (bicyclic) bond motifs is 3. The van der Waals surface area contributed by atoms with Gasteiger partial charge in [0.15, 0.2) is 0 Å². The van der Waals surface area contributed by atoms with Crippen LogP contribution in [0, 0.1) is 11.6 Å². The van der Waals surface area contributed by atoms with Gasteiger partial charge in [0, 0.05) is 30.6 Å². The van der Waals surface area contributed by atoms with Gasteiger partial charge in [-0.1, -0.05) is 30.3 Å². The number of carboxylic acids is 1. The number of carboxylic acid groups (broad SMARTS) is 1. The number of nitrogens with zero attached hydrogens (tertiary/aromatic N) is 1. The number of sulfonamides is 1. The van der Waals surface area contributed by atoms with E-state index in [9.17, 15) is 27.1 Å². The Balaban J connectivity index is 1.54. The summed E-state index contributed by atoms with van der Waals surface area (Å²) in [5, 5.41) is 12.9. The second-order valence-corrected chi connectivity index (χ2v) is 10.4. The molecule has 0 radical (unpaired) electrons. The third-order valence-corrected chi connectivity index (χ3v) is 8.11. The van der Waals surface area contributed by atoms with Crippen molar-refractivity contribution in [2.45, 2.75) is 23.4 Å². The first-order valence-electron chi connectivity index (χ1n) is 10.8. The molecule has 7 nitrogen and oxygen atoms in total. The first-order chi connectivity index (χ1) is 16.7. The molecule has 0 spiro atoms. The normalized spacial score (nSPS) is 17.8. The number of rotatable bonds is 5. The Hall–Kier alpha value is -3.76. The van der Waals surface area contributed by atoms with E-state index in [0.29, 0.717) is 22.5 Å². The number of benzene rings is 3. The Morgan fingerprint density at radius 2 is 1.74 bits per heavy atom. The number of aliphatic carboxylic acids is 1. The Bertz CT molecular complexity index is 1540. The van der Waals surface area contributed by atoms with E-state index >= 15 is 0 Å². The number of hydrogen-bond acceptors (Lipinski definition) is 4. The van der Waals surface area contributed by atoms with E-state index < -0.39 is 39.7 Å². The van der Waals surface area contributed by atoms with Crippen molar-refractivity contribution in [3.63, 3.8) is 0 Å². The SMILES string of the molecule is CN(c1ccc(C2NC(C(=O)O)Cc3c2[nH]c2cc(F)cc(F)c32)cc1)S(=O)(=O)c1ccccc1. The monoisotopic (exact) mass is 497 g/mol. The van der Waals surface area contributed by atoms with Gasteiger partial charge in [-0.25, -0.2) is 17.2 Å². The minimum Gasteiger partial charge on any atom is -0.480 e. The quantitative estimate of drug-likeness (QED) is 0.387. The van der Waals surface area contributed by atoms with Crippen LogP contribution in [0.2, 0.25) is 0 Å². The van der Waals surface area contributed by atoms with E-state index in [1.54, 1.807) is 42.5 Å². The smallest absolute Gasteiger partial charge is 0.321 e. The molecule has 0 aliphatic carbocycles. The highest BCUT2D eigenvalue weighted by Gasteiger charge is 2.35. The van der Waals surface area contributed by atoms with E-state index in [2.05, 4.69) is 10.3 Å². The Morgan fingerprint density at radius 1 is 1.06 bits per heavy atom. The maximum absolute atomic E-state index is 14.6. The zero-order valence-electron chi connectivity index (χ0n) is 18.5. The molecule has 10 heteroatoms. The number of hydrogen-bond donors (Lipinski definition) is 3. The Kier molecular flexibility index (Phi) is 5.57. The van der Waals surface area contributed by atoms with Gasteiger partial charge in [0.2, 0.25) is 0 Å². The molecular weight excluding hydrogens is 476 g/mol. The lowest BCUT2D eigenvalue weighted by Crippen LogP contribution is -2.45. The van der Waals surface area contributed by atoms with Gasteiger partial charge in [-0.2, -0.15) is 0 Å². The van der Waals surface area contributed by atoms with Crippen molar-refractivity contribution in [3.05, 3.63) is 95.2 Å². The Morgan fingerprint density at radius 3 is 2.40 bits per heavy atom. The molecule has 2 unspecified atom stereocenters. The van der Waals surface area contributed by atoms with E-state index in [-0.39, 0.29) is 22.2 Å². The summed E-state index contributed by atoms with van der Waals surface area (Å²) >= 11 is 0. The zero-order chi connectivity index (χ0) is 24.9. The van der Waals surface area contributed by atoms with Crippen LogP contribution >= 0.6 is 0 Å². The van der Waals surface area contributed by atoms with Crippen LogP contribution in [0.5, 0.6) is 0 Å². The lowest BCUT2D eigenvalue weighted by molar-refractivity contribution is -0.139. The minimum atomic E-state index is -3.77. The van der Waals surface area contributed by atoms with E-state index in [1.165, 1.54) is 25.2 Å². The van der Waals surface area contributed by atoms with Crippen LogP contribution in [0.15, 0.2) is 71.6 Å². The summed E-state index contributed by atoms with van der Waals surface area (Å²) < 4.78 is 55.5. The molecule has 0 saturated carbocycles.